The molecular weight excluding hydrogens is 342 g/mol. The molecule has 1 aromatic carbocycles. The Bertz CT molecular complexity index is 777. The average molecular weight is 364 g/mol. The number of carbonyl (C=O) groups excluding carboxylic acids is 2. The molecule has 1 heterocycles. The molecule has 2 rings (SSSR count). The molecule has 1 unspecified atom stereocenters. The summed E-state index contributed by atoms with van der Waals surface area (Å²) >= 11 is 5.88. The van der Waals surface area contributed by atoms with E-state index in [1.165, 1.54) is 0 Å². The summed E-state index contributed by atoms with van der Waals surface area (Å²) in [7, 11) is 0. The van der Waals surface area contributed by atoms with Crippen LogP contribution < -0.4 is 10.6 Å². The average Bonchev–Trinajstić information content (AvgIpc) is 2.88. The predicted octanol–water partition coefficient (Wildman–Crippen LogP) is 2.26. The highest BCUT2D eigenvalue weighted by Crippen LogP contribution is 2.14. The summed E-state index contributed by atoms with van der Waals surface area (Å²) in [6.07, 6.45) is 0. The molecule has 1 atom stereocenters. The number of halogens is 1. The van der Waals surface area contributed by atoms with Crippen LogP contribution in [0.4, 0.5) is 0 Å². The second-order valence-corrected chi connectivity index (χ2v) is 7.24. The van der Waals surface area contributed by atoms with Gasteiger partial charge >= 0.3 is 0 Å². The molecule has 1 aromatic heterocycles. The molecule has 0 saturated carbocycles. The first-order valence-electron chi connectivity index (χ1n) is 7.89. The van der Waals surface area contributed by atoms with E-state index in [9.17, 15) is 9.59 Å². The zero-order valence-corrected chi connectivity index (χ0v) is 15.7. The van der Waals surface area contributed by atoms with Gasteiger partial charge in [0.1, 0.15) is 11.9 Å². The first-order chi connectivity index (χ1) is 11.6. The number of carbonyl (C=O) groups is 2. The van der Waals surface area contributed by atoms with Gasteiger partial charge in [-0.05, 0) is 58.9 Å². The van der Waals surface area contributed by atoms with Crippen LogP contribution in [0.5, 0.6) is 0 Å². The van der Waals surface area contributed by atoms with Crippen LogP contribution in [-0.4, -0.2) is 38.2 Å². The van der Waals surface area contributed by atoms with E-state index in [1.807, 2.05) is 20.8 Å². The number of aromatic nitrogens is 3. The van der Waals surface area contributed by atoms with Crippen LogP contribution in [0.2, 0.25) is 5.02 Å². The van der Waals surface area contributed by atoms with Gasteiger partial charge in [-0.25, -0.2) is 9.67 Å². The Hall–Kier alpha value is -2.41. The molecule has 0 fully saturated rings. The van der Waals surface area contributed by atoms with E-state index in [2.05, 4.69) is 20.7 Å². The van der Waals surface area contributed by atoms with Gasteiger partial charge in [-0.3, -0.25) is 9.59 Å². The zero-order chi connectivity index (χ0) is 18.8. The molecule has 134 valence electrons. The molecule has 0 radical (unpaired) electrons. The Morgan fingerprint density at radius 3 is 2.36 bits per heavy atom. The largest absolute Gasteiger partial charge is 0.350 e. The van der Waals surface area contributed by atoms with Crippen molar-refractivity contribution in [2.75, 3.05) is 0 Å². The van der Waals surface area contributed by atoms with E-state index in [0.717, 1.165) is 5.69 Å². The standard InChI is InChI=1S/C17H22ClN5O2/c1-10(15(24)21-17(3,4)5)19-16(25)14-20-11(2)23(22-14)13-8-6-12(18)7-9-13/h6-10H,1-5H3,(H,19,25)(H,21,24). The Balaban J connectivity index is 2.11. The molecule has 0 aliphatic heterocycles. The number of hydrogen-bond acceptors (Lipinski definition) is 4. The number of amides is 2. The maximum absolute atomic E-state index is 12.3. The van der Waals surface area contributed by atoms with E-state index in [-0.39, 0.29) is 17.3 Å². The van der Waals surface area contributed by atoms with E-state index in [0.29, 0.717) is 10.8 Å². The van der Waals surface area contributed by atoms with Crippen LogP contribution in [0.25, 0.3) is 5.69 Å². The van der Waals surface area contributed by atoms with Crippen molar-refractivity contribution in [3.8, 4) is 5.69 Å². The molecular formula is C17H22ClN5O2. The van der Waals surface area contributed by atoms with Crippen LogP contribution in [0.3, 0.4) is 0 Å². The molecule has 8 heteroatoms. The van der Waals surface area contributed by atoms with Crippen LogP contribution in [0, 0.1) is 6.92 Å². The van der Waals surface area contributed by atoms with Crippen LogP contribution in [-0.2, 0) is 4.79 Å². The van der Waals surface area contributed by atoms with E-state index >= 15 is 0 Å². The summed E-state index contributed by atoms with van der Waals surface area (Å²) in [6.45, 7) is 8.98. The molecule has 0 aliphatic rings. The lowest BCUT2D eigenvalue weighted by molar-refractivity contribution is -0.124. The van der Waals surface area contributed by atoms with E-state index in [1.54, 1.807) is 42.8 Å². The minimum atomic E-state index is -0.700. The zero-order valence-electron chi connectivity index (χ0n) is 14.9. The van der Waals surface area contributed by atoms with E-state index in [4.69, 9.17) is 11.6 Å². The molecule has 0 spiro atoms. The molecule has 2 aromatic rings. The monoisotopic (exact) mass is 363 g/mol. The fourth-order valence-corrected chi connectivity index (χ4v) is 2.24. The van der Waals surface area contributed by atoms with Gasteiger partial charge in [-0.2, -0.15) is 0 Å². The third-order valence-corrected chi connectivity index (χ3v) is 3.53. The van der Waals surface area contributed by atoms with Gasteiger partial charge in [0.05, 0.1) is 5.69 Å². The summed E-state index contributed by atoms with van der Waals surface area (Å²) in [6, 6.07) is 6.33. The van der Waals surface area contributed by atoms with E-state index < -0.39 is 11.9 Å². The van der Waals surface area contributed by atoms with Crippen LogP contribution >= 0.6 is 11.6 Å². The highest BCUT2D eigenvalue weighted by atomic mass is 35.5. The highest BCUT2D eigenvalue weighted by molar-refractivity contribution is 6.30. The van der Waals surface area contributed by atoms with Crippen molar-refractivity contribution in [1.29, 1.82) is 0 Å². The van der Waals surface area contributed by atoms with Crippen molar-refractivity contribution < 1.29 is 9.59 Å². The number of benzene rings is 1. The Morgan fingerprint density at radius 1 is 1.20 bits per heavy atom. The van der Waals surface area contributed by atoms with Gasteiger partial charge < -0.3 is 10.6 Å². The van der Waals surface area contributed by atoms with Crippen molar-refractivity contribution >= 4 is 23.4 Å². The SMILES string of the molecule is Cc1nc(C(=O)NC(C)C(=O)NC(C)(C)C)nn1-c1ccc(Cl)cc1. The van der Waals surface area contributed by atoms with Gasteiger partial charge in [-0.15, -0.1) is 5.10 Å². The lowest BCUT2D eigenvalue weighted by Gasteiger charge is -2.23. The van der Waals surface area contributed by atoms with Gasteiger partial charge in [0, 0.05) is 10.6 Å². The number of nitrogens with one attached hydrogen (secondary N) is 2. The smallest absolute Gasteiger partial charge is 0.291 e. The molecule has 2 N–H and O–H groups in total. The maximum atomic E-state index is 12.3. The molecule has 2 amide bonds. The summed E-state index contributed by atoms with van der Waals surface area (Å²) in [5, 5.41) is 10.2. The second-order valence-electron chi connectivity index (χ2n) is 6.81. The van der Waals surface area contributed by atoms with Gasteiger partial charge in [0.2, 0.25) is 11.7 Å². The minimum Gasteiger partial charge on any atom is -0.350 e. The number of hydrogen-bond donors (Lipinski definition) is 2. The first-order valence-corrected chi connectivity index (χ1v) is 8.27. The van der Waals surface area contributed by atoms with Gasteiger partial charge in [-0.1, -0.05) is 11.6 Å². The molecule has 0 saturated heterocycles. The third kappa shape index (κ3) is 5.03. The van der Waals surface area contributed by atoms with Crippen molar-refractivity contribution in [3.05, 3.63) is 40.9 Å². The second kappa shape index (κ2) is 7.23. The molecule has 0 aliphatic carbocycles. The summed E-state index contributed by atoms with van der Waals surface area (Å²) in [5.74, 6) is -0.218. The van der Waals surface area contributed by atoms with Crippen LogP contribution in [0.15, 0.2) is 24.3 Å². The van der Waals surface area contributed by atoms with Gasteiger partial charge in [0.25, 0.3) is 5.91 Å². The topological polar surface area (TPSA) is 88.9 Å². The number of aryl methyl sites for hydroxylation is 1. The Kier molecular flexibility index (Phi) is 5.47. The molecule has 25 heavy (non-hydrogen) atoms. The lowest BCUT2D eigenvalue weighted by atomic mass is 10.1. The van der Waals surface area contributed by atoms with Crippen molar-refractivity contribution in [3.63, 3.8) is 0 Å². The van der Waals surface area contributed by atoms with Crippen molar-refractivity contribution in [2.45, 2.75) is 46.2 Å². The normalized spacial score (nSPS) is 12.6. The fraction of sp³-hybridized carbons (Fsp3) is 0.412. The summed E-state index contributed by atoms with van der Waals surface area (Å²) < 4.78 is 1.55. The van der Waals surface area contributed by atoms with Crippen molar-refractivity contribution in [2.24, 2.45) is 0 Å². The predicted molar refractivity (Wildman–Crippen MR) is 95.9 cm³/mol. The minimum absolute atomic E-state index is 0.00265. The fourth-order valence-electron chi connectivity index (χ4n) is 2.12. The third-order valence-electron chi connectivity index (χ3n) is 3.28. The highest BCUT2D eigenvalue weighted by Gasteiger charge is 2.23. The maximum Gasteiger partial charge on any atom is 0.291 e. The van der Waals surface area contributed by atoms with Crippen LogP contribution in [0.1, 0.15) is 44.1 Å². The molecule has 7 nitrogen and oxygen atoms in total. The quantitative estimate of drug-likeness (QED) is 0.872. The van der Waals surface area contributed by atoms with Crippen molar-refractivity contribution in [1.82, 2.24) is 25.4 Å². The Labute approximate surface area is 151 Å². The van der Waals surface area contributed by atoms with Gasteiger partial charge in [0.15, 0.2) is 0 Å². The Morgan fingerprint density at radius 2 is 1.80 bits per heavy atom. The molecule has 0 bridgehead atoms. The number of nitrogens with zero attached hydrogens (tertiary/aromatic N) is 3. The summed E-state index contributed by atoms with van der Waals surface area (Å²) in [5.41, 5.74) is 0.369. The summed E-state index contributed by atoms with van der Waals surface area (Å²) in [4.78, 5) is 28.6. The number of rotatable bonds is 4. The lowest BCUT2D eigenvalue weighted by Crippen LogP contribution is -2.51. The first kappa shape index (κ1) is 18.9.